The van der Waals surface area contributed by atoms with E-state index in [2.05, 4.69) is 57.8 Å². The first kappa shape index (κ1) is 98.4. The highest BCUT2D eigenvalue weighted by Gasteiger charge is 2.54. The molecule has 7 aliphatic heterocycles. The number of amides is 4. The number of allylic oxidation sites excluding steroid dienone is 5. The molecule has 0 spiro atoms. The third-order valence-corrected chi connectivity index (χ3v) is 28.5. The minimum Gasteiger partial charge on any atom is -0.459 e. The number of aliphatic hydroxyl groups excluding tert-OH is 2. The van der Waals surface area contributed by atoms with Crippen LogP contribution >= 0.6 is 0 Å². The van der Waals surface area contributed by atoms with Crippen LogP contribution in [0.3, 0.4) is 0 Å². The van der Waals surface area contributed by atoms with Gasteiger partial charge in [0.15, 0.2) is 17.0 Å². The quantitative estimate of drug-likeness (QED) is 0.0195. The van der Waals surface area contributed by atoms with Crippen LogP contribution in [0.1, 0.15) is 163 Å². The lowest BCUT2D eigenvalue weighted by Crippen LogP contribution is -2.61. The van der Waals surface area contributed by atoms with Crippen LogP contribution in [-0.2, 0) is 89.6 Å². The molecule has 4 saturated heterocycles. The highest BCUT2D eigenvalue weighted by molar-refractivity contribution is 6.39. The Kier molecular flexibility index (Phi) is 32.3. The number of ketones is 2. The zero-order valence-corrected chi connectivity index (χ0v) is 78.9. The number of ether oxygens (including phenoxy) is 7. The van der Waals surface area contributed by atoms with E-state index in [0.29, 0.717) is 213 Å². The first-order valence-electron chi connectivity index (χ1n) is 47.6. The van der Waals surface area contributed by atoms with Gasteiger partial charge in [-0.1, -0.05) is 82.4 Å². The Morgan fingerprint density at radius 2 is 1.43 bits per heavy atom. The maximum atomic E-state index is 15.0. The number of nitrogens with zero attached hydrogens (tertiary/aromatic N) is 16. The Morgan fingerprint density at radius 1 is 0.681 bits per heavy atom. The van der Waals surface area contributed by atoms with Gasteiger partial charge in [-0.05, 0) is 142 Å². The number of nitrogens with two attached hydrogens (primary N) is 3. The van der Waals surface area contributed by atoms with Gasteiger partial charge in [0.2, 0.25) is 23.6 Å². The van der Waals surface area contributed by atoms with Crippen molar-refractivity contribution >= 4 is 87.2 Å². The number of benzene rings is 2. The summed E-state index contributed by atoms with van der Waals surface area (Å²) in [4.78, 5) is 145. The van der Waals surface area contributed by atoms with Crippen molar-refractivity contribution in [3.8, 4) is 11.3 Å². The number of cyclic esters (lactones) is 1. The lowest BCUT2D eigenvalue weighted by Gasteiger charge is -2.43. The molecule has 5 fully saturated rings. The number of hydrogen-bond acceptors (Lipinski definition) is 32. The molecule has 2 aromatic carbocycles. The van der Waals surface area contributed by atoms with Crippen LogP contribution in [-0.4, -0.2) is 306 Å². The zero-order chi connectivity index (χ0) is 95.5. The molecule has 1 aliphatic carbocycles. The molecule has 2 bridgehead atoms. The second-order valence-electron chi connectivity index (χ2n) is 37.8. The third kappa shape index (κ3) is 23.2. The number of rotatable bonds is 19. The molecule has 8 aliphatic rings. The molecule has 726 valence electrons. The lowest BCUT2D eigenvalue weighted by molar-refractivity contribution is -0.265. The number of Topliss-reactive ketones (excluding diaryl/α,β-unsaturated/α-hetero) is 2. The van der Waals surface area contributed by atoms with E-state index < -0.39 is 114 Å². The van der Waals surface area contributed by atoms with Crippen LogP contribution in [0.25, 0.3) is 33.4 Å². The van der Waals surface area contributed by atoms with Crippen LogP contribution in [0, 0.1) is 29.6 Å². The number of piperazine rings is 2. The average molecular weight is 1860 g/mol. The molecule has 37 heteroatoms. The van der Waals surface area contributed by atoms with Crippen molar-refractivity contribution in [2.24, 2.45) is 35.3 Å². The summed E-state index contributed by atoms with van der Waals surface area (Å²) in [5.41, 5.74) is 29.2. The number of aliphatic hydroxyl groups is 3. The van der Waals surface area contributed by atoms with Gasteiger partial charge in [0, 0.05) is 179 Å². The smallest absolute Gasteiger partial charge is 0.410 e. The molecule has 0 unspecified atom stereocenters. The molecule has 9 N–H and O–H groups in total. The molecule has 37 nitrogen and oxygen atoms in total. The van der Waals surface area contributed by atoms with Crippen molar-refractivity contribution in [2.75, 3.05) is 134 Å². The SMILES string of the molecule is CO[C@H]1C[C@@H]2CC[C@@H](C)[C@@](O)(O2)C(=O)C(=O)N2CCCC[C@H]2C(=O)O[C@H]([C@H](N)C[C@@H]2CC[C@@H](OC(=O)N3CCc4nc(N5CCN(C(=O)CCOCCN6CCN(c7ncc(C(=O)N8CCc9cc(Cn%10nc(-c%11ccc%12oc(N)nc%12c%11)c%11c(N)ncnc%11%10)ccc9C8)cn7)CC6)CC5)ncc4C3)[C@H](OC)C2)C[C@@H](OC)[C@H](C)/C=C(\C)[C@@H](O)[C@@H](O)C(=O)[C@H](C)C[C@H](C)/C=C/C=CC=C1C. The van der Waals surface area contributed by atoms with E-state index >= 15 is 0 Å². The second kappa shape index (κ2) is 44.3. The van der Waals surface area contributed by atoms with Crippen LogP contribution in [0.15, 0.2) is 113 Å². The first-order chi connectivity index (χ1) is 65.0. The number of carbonyl (C=O) groups excluding carboxylic acids is 7. The lowest BCUT2D eigenvalue weighted by atomic mass is 9.80. The Bertz CT molecular complexity index is 5500. The first-order valence-corrected chi connectivity index (χ1v) is 47.6. The van der Waals surface area contributed by atoms with Crippen LogP contribution in [0.5, 0.6) is 0 Å². The summed E-state index contributed by atoms with van der Waals surface area (Å²) in [6.07, 6.45) is 15.8. The van der Waals surface area contributed by atoms with Crippen molar-refractivity contribution in [3.63, 3.8) is 0 Å². The Morgan fingerprint density at radius 3 is 2.20 bits per heavy atom. The number of nitrogen functional groups attached to an aromatic ring is 2. The monoisotopic (exact) mass is 1860 g/mol. The molecule has 0 radical (unpaired) electrons. The normalized spacial score (nSPS) is 28.0. The largest absolute Gasteiger partial charge is 0.459 e. The summed E-state index contributed by atoms with van der Waals surface area (Å²) >= 11 is 0. The summed E-state index contributed by atoms with van der Waals surface area (Å²) < 4.78 is 50.4. The fraction of sp³-hybridized carbons (Fsp3) is 0.582. The molecule has 135 heavy (non-hydrogen) atoms. The molecule has 4 amide bonds. The van der Waals surface area contributed by atoms with Crippen LogP contribution < -0.4 is 27.0 Å². The molecule has 16 atom stereocenters. The molecule has 5 aromatic heterocycles. The second-order valence-corrected chi connectivity index (χ2v) is 37.8. The van der Waals surface area contributed by atoms with Gasteiger partial charge >= 0.3 is 12.1 Å². The van der Waals surface area contributed by atoms with E-state index in [-0.39, 0.29) is 68.4 Å². The van der Waals surface area contributed by atoms with Gasteiger partial charge in [0.25, 0.3) is 23.6 Å². The van der Waals surface area contributed by atoms with E-state index in [1.807, 2.05) is 77.8 Å². The minimum atomic E-state index is -2.49. The number of carbonyl (C=O) groups is 7. The van der Waals surface area contributed by atoms with E-state index in [1.165, 1.54) is 18.3 Å². The standard InChI is InChI=1S/C98H131N19O18/c1-58-15-11-10-12-16-59(2)78(128-7)49-71-23-18-63(6)98(127,135-71)88(122)92(124)116-29-14-13-17-75(116)93(125)132-80(50-79(129-8)60(3)44-62(5)86(120)87(121)85(119)61(4)43-58)72(99)46-64-20-24-77(81(47-64)130-9)134-97(126)115-31-27-73-70(56-115)53-104-96(108-73)113-38-36-111(37-39-113)82(118)28-41-131-42-40-110-32-34-112(35-33-110)95-102-51-69(52-103-95)91(123)114-30-26-66-45-65(19-21-68(66)55-114)54-117-90-83(89(100)105-57-106-90)84(109-117)67-22-25-76-74(48-67)107-94(101)133-76/h10-12,15-16,19,21-22,25,44-45,48,51-53,57-58,60-61,63-64,71-72,75,77-81,86-87,120-121,127H,13-14,17-18,20,23-24,26-43,46-47,49-50,54-56,99H2,1-9H3,(H2,101,107)(H2,100,105,106)/b12-10?,15-11+,59-16?,62-44+/t58-,60-,61-,63-,64+,71+,72-,75+,77-,78+,79-,80+,81-,86-,87+,98-/m1/s1. The van der Waals surface area contributed by atoms with E-state index in [1.54, 1.807) is 70.6 Å². The van der Waals surface area contributed by atoms with Gasteiger partial charge in [-0.3, -0.25) is 28.9 Å². The van der Waals surface area contributed by atoms with Crippen LogP contribution in [0.2, 0.25) is 0 Å². The number of methoxy groups -OCH3 is 3. The van der Waals surface area contributed by atoms with E-state index in [0.717, 1.165) is 52.2 Å². The van der Waals surface area contributed by atoms with E-state index in [4.69, 9.17) is 69.8 Å². The summed E-state index contributed by atoms with van der Waals surface area (Å²) in [5, 5.41) is 40.7. The third-order valence-electron chi connectivity index (χ3n) is 28.5. The summed E-state index contributed by atoms with van der Waals surface area (Å²) in [5.74, 6) is -6.69. The summed E-state index contributed by atoms with van der Waals surface area (Å²) in [6, 6.07) is 9.85. The summed E-state index contributed by atoms with van der Waals surface area (Å²) in [6.45, 7) is 19.4. The van der Waals surface area contributed by atoms with Gasteiger partial charge in [-0.2, -0.15) is 10.1 Å². The van der Waals surface area contributed by atoms with Crippen molar-refractivity contribution in [3.05, 3.63) is 142 Å². The molecule has 7 aromatic rings. The summed E-state index contributed by atoms with van der Waals surface area (Å²) in [7, 11) is 4.64. The van der Waals surface area contributed by atoms with Crippen molar-refractivity contribution < 1.29 is 86.5 Å². The number of esters is 1. The maximum Gasteiger partial charge on any atom is 0.410 e. The Balaban J connectivity index is 0.485. The minimum absolute atomic E-state index is 0.0237. The number of hydrogen-bond donors (Lipinski definition) is 6. The highest BCUT2D eigenvalue weighted by atomic mass is 16.6. The van der Waals surface area contributed by atoms with Gasteiger partial charge in [0.05, 0.1) is 73.8 Å². The van der Waals surface area contributed by atoms with Gasteiger partial charge in [0.1, 0.15) is 53.8 Å². The van der Waals surface area contributed by atoms with Gasteiger partial charge in [-0.25, -0.2) is 44.2 Å². The predicted molar refractivity (Wildman–Crippen MR) is 501 cm³/mol. The maximum absolute atomic E-state index is 15.0. The number of aromatic nitrogens is 9. The predicted octanol–water partition coefficient (Wildman–Crippen LogP) is 7.68. The van der Waals surface area contributed by atoms with E-state index in [9.17, 15) is 48.9 Å². The number of anilines is 4. The fourth-order valence-corrected chi connectivity index (χ4v) is 20.2. The van der Waals surface area contributed by atoms with Crippen molar-refractivity contribution in [1.29, 1.82) is 0 Å². The molecule has 12 heterocycles. The number of fused-ring (bicyclic) bond motifs is 7. The Labute approximate surface area is 786 Å². The molecular weight excluding hydrogens is 1730 g/mol. The molecular formula is C98H131N19O18. The Hall–Kier alpha value is -11.1. The zero-order valence-electron chi connectivity index (χ0n) is 78.9. The number of oxazole rings is 1. The fourth-order valence-electron chi connectivity index (χ4n) is 20.2. The number of piperidine rings is 1. The topological polar surface area (TPSA) is 467 Å². The van der Waals surface area contributed by atoms with Crippen molar-refractivity contribution in [1.82, 2.24) is 69.2 Å². The van der Waals surface area contributed by atoms with Crippen LogP contribution in [0.4, 0.5) is 28.5 Å². The van der Waals surface area contributed by atoms with Gasteiger partial charge in [-0.15, -0.1) is 0 Å². The molecule has 1 saturated carbocycles. The average Bonchev–Trinajstić information content (AvgIpc) is 1.70. The van der Waals surface area contributed by atoms with Crippen molar-refractivity contribution in [2.45, 2.75) is 224 Å². The highest BCUT2D eigenvalue weighted by Crippen LogP contribution is 2.40. The van der Waals surface area contributed by atoms with Gasteiger partial charge < -0.3 is 99.5 Å². The molecule has 15 rings (SSSR count).